The number of nitrogens with one attached hydrogen (secondary N) is 2. The van der Waals surface area contributed by atoms with Crippen molar-refractivity contribution in [2.75, 3.05) is 30.4 Å². The molecule has 9 heteroatoms. The Morgan fingerprint density at radius 1 is 1.13 bits per heavy atom. The first-order valence-electron chi connectivity index (χ1n) is 10.3. The van der Waals surface area contributed by atoms with Crippen LogP contribution in [0.2, 0.25) is 0 Å². The first kappa shape index (κ1) is 20.9. The lowest BCUT2D eigenvalue weighted by Crippen LogP contribution is -2.54. The fraction of sp³-hybridized carbons (Fsp3) is 0.409. The molecule has 1 aromatic carbocycles. The summed E-state index contributed by atoms with van der Waals surface area (Å²) in [5.74, 6) is 0.124. The molecule has 1 aliphatic heterocycles. The molecule has 1 aliphatic rings. The number of carbonyl (C=O) groups is 1. The summed E-state index contributed by atoms with van der Waals surface area (Å²) >= 11 is 0. The van der Waals surface area contributed by atoms with E-state index in [1.807, 2.05) is 19.9 Å². The standard InChI is InChI=1S/C22H27N7O2/c1-12-8-23-20(15(4)26-12)28-21(30)16-6-7-18(29-10-13(2)25-14(3)11-29)17-9-24-22(31-5)27-19(16)17/h6-9,13-14,25H,10-11H2,1-5H3,(H,23,28,30). The van der Waals surface area contributed by atoms with Crippen LogP contribution in [-0.4, -0.2) is 58.1 Å². The number of amides is 1. The number of nitrogens with zero attached hydrogens (tertiary/aromatic N) is 5. The number of aryl methyl sites for hydroxylation is 2. The summed E-state index contributed by atoms with van der Waals surface area (Å²) in [6, 6.07) is 4.68. The SMILES string of the molecule is COc1ncc2c(N3CC(C)NC(C)C3)ccc(C(=O)Nc3ncc(C)nc3C)c2n1. The third kappa shape index (κ3) is 4.27. The van der Waals surface area contributed by atoms with Gasteiger partial charge in [0.2, 0.25) is 0 Å². The van der Waals surface area contributed by atoms with Gasteiger partial charge in [0.15, 0.2) is 5.82 Å². The number of methoxy groups -OCH3 is 1. The summed E-state index contributed by atoms with van der Waals surface area (Å²) < 4.78 is 5.23. The minimum atomic E-state index is -0.305. The van der Waals surface area contributed by atoms with E-state index in [0.29, 0.717) is 34.7 Å². The fourth-order valence-electron chi connectivity index (χ4n) is 4.07. The van der Waals surface area contributed by atoms with Crippen molar-refractivity contribution in [1.29, 1.82) is 0 Å². The van der Waals surface area contributed by atoms with Crippen molar-refractivity contribution < 1.29 is 9.53 Å². The lowest BCUT2D eigenvalue weighted by Gasteiger charge is -2.38. The number of ether oxygens (including phenoxy) is 1. The Morgan fingerprint density at radius 2 is 1.87 bits per heavy atom. The number of hydrogen-bond acceptors (Lipinski definition) is 8. The first-order chi connectivity index (χ1) is 14.9. The molecule has 162 valence electrons. The molecule has 1 saturated heterocycles. The van der Waals surface area contributed by atoms with E-state index in [1.54, 1.807) is 18.5 Å². The van der Waals surface area contributed by atoms with E-state index in [1.165, 1.54) is 7.11 Å². The van der Waals surface area contributed by atoms with E-state index in [2.05, 4.69) is 49.3 Å². The van der Waals surface area contributed by atoms with Crippen molar-refractivity contribution in [3.8, 4) is 6.01 Å². The van der Waals surface area contributed by atoms with Crippen molar-refractivity contribution in [2.24, 2.45) is 0 Å². The van der Waals surface area contributed by atoms with Gasteiger partial charge < -0.3 is 20.3 Å². The minimum absolute atomic E-state index is 0.215. The van der Waals surface area contributed by atoms with E-state index in [-0.39, 0.29) is 11.9 Å². The smallest absolute Gasteiger partial charge is 0.316 e. The van der Waals surface area contributed by atoms with Gasteiger partial charge in [0.25, 0.3) is 5.91 Å². The molecule has 2 atom stereocenters. The summed E-state index contributed by atoms with van der Waals surface area (Å²) in [5, 5.41) is 7.21. The monoisotopic (exact) mass is 421 g/mol. The first-order valence-corrected chi connectivity index (χ1v) is 10.3. The number of rotatable bonds is 4. The molecular weight excluding hydrogens is 394 g/mol. The van der Waals surface area contributed by atoms with Gasteiger partial charge in [0, 0.05) is 42.4 Å². The molecule has 0 aliphatic carbocycles. The van der Waals surface area contributed by atoms with E-state index in [4.69, 9.17) is 4.74 Å². The highest BCUT2D eigenvalue weighted by molar-refractivity contribution is 6.13. The van der Waals surface area contributed by atoms with Crippen LogP contribution in [0.4, 0.5) is 11.5 Å². The number of anilines is 2. The molecule has 2 unspecified atom stereocenters. The van der Waals surface area contributed by atoms with E-state index in [0.717, 1.165) is 29.9 Å². The van der Waals surface area contributed by atoms with Gasteiger partial charge in [0.1, 0.15) is 0 Å². The summed E-state index contributed by atoms with van der Waals surface area (Å²) in [7, 11) is 1.51. The van der Waals surface area contributed by atoms with Crippen molar-refractivity contribution in [2.45, 2.75) is 39.8 Å². The van der Waals surface area contributed by atoms with Gasteiger partial charge >= 0.3 is 6.01 Å². The average molecular weight is 422 g/mol. The Labute approximate surface area is 181 Å². The van der Waals surface area contributed by atoms with E-state index in [9.17, 15) is 4.79 Å². The lowest BCUT2D eigenvalue weighted by molar-refractivity contribution is 0.102. The predicted octanol–water partition coefficient (Wildman–Crippen LogP) is 2.48. The van der Waals surface area contributed by atoms with E-state index >= 15 is 0 Å². The Kier molecular flexibility index (Phi) is 5.69. The number of carbonyl (C=O) groups excluding carboxylic acids is 1. The molecule has 0 saturated carbocycles. The number of benzene rings is 1. The van der Waals surface area contributed by atoms with Crippen LogP contribution in [0.25, 0.3) is 10.9 Å². The Balaban J connectivity index is 1.76. The van der Waals surface area contributed by atoms with Crippen LogP contribution in [0.5, 0.6) is 6.01 Å². The number of fused-ring (bicyclic) bond motifs is 1. The second kappa shape index (κ2) is 8.43. The molecule has 9 nitrogen and oxygen atoms in total. The molecule has 4 rings (SSSR count). The van der Waals surface area contributed by atoms with Crippen LogP contribution in [0, 0.1) is 13.8 Å². The van der Waals surface area contributed by atoms with Crippen molar-refractivity contribution in [1.82, 2.24) is 25.3 Å². The summed E-state index contributed by atoms with van der Waals surface area (Å²) in [5.41, 5.74) is 3.42. The maximum Gasteiger partial charge on any atom is 0.316 e. The second-order valence-corrected chi connectivity index (χ2v) is 8.02. The highest BCUT2D eigenvalue weighted by Crippen LogP contribution is 2.31. The molecule has 2 N–H and O–H groups in total. The van der Waals surface area contributed by atoms with Crippen molar-refractivity contribution >= 4 is 28.3 Å². The van der Waals surface area contributed by atoms with Crippen LogP contribution < -0.4 is 20.3 Å². The van der Waals surface area contributed by atoms with E-state index < -0.39 is 0 Å². The topological polar surface area (TPSA) is 105 Å². The normalized spacial score (nSPS) is 18.8. The molecule has 1 amide bonds. The van der Waals surface area contributed by atoms with Gasteiger partial charge in [-0.1, -0.05) is 0 Å². The van der Waals surface area contributed by atoms with Crippen LogP contribution in [0.3, 0.4) is 0 Å². The highest BCUT2D eigenvalue weighted by Gasteiger charge is 2.25. The molecule has 0 bridgehead atoms. The van der Waals surface area contributed by atoms with Gasteiger partial charge in [-0.3, -0.25) is 9.78 Å². The maximum atomic E-state index is 13.2. The quantitative estimate of drug-likeness (QED) is 0.662. The van der Waals surface area contributed by atoms with Gasteiger partial charge in [0.05, 0.1) is 35.8 Å². The molecule has 31 heavy (non-hydrogen) atoms. The van der Waals surface area contributed by atoms with Crippen LogP contribution in [-0.2, 0) is 0 Å². The molecular formula is C22H27N7O2. The molecule has 3 aromatic rings. The van der Waals surface area contributed by atoms with Gasteiger partial charge in [-0.05, 0) is 39.8 Å². The van der Waals surface area contributed by atoms with Crippen LogP contribution in [0.1, 0.15) is 35.6 Å². The zero-order valence-electron chi connectivity index (χ0n) is 18.4. The van der Waals surface area contributed by atoms with Crippen LogP contribution in [0.15, 0.2) is 24.5 Å². The minimum Gasteiger partial charge on any atom is -0.467 e. The Hall–Kier alpha value is -3.33. The summed E-state index contributed by atoms with van der Waals surface area (Å²) in [6.45, 7) is 9.71. The molecule has 1 fully saturated rings. The lowest BCUT2D eigenvalue weighted by atomic mass is 10.0. The predicted molar refractivity (Wildman–Crippen MR) is 120 cm³/mol. The second-order valence-electron chi connectivity index (χ2n) is 8.02. The fourth-order valence-corrected chi connectivity index (χ4v) is 4.07. The zero-order chi connectivity index (χ0) is 22.1. The number of hydrogen-bond donors (Lipinski definition) is 2. The third-order valence-electron chi connectivity index (χ3n) is 5.33. The van der Waals surface area contributed by atoms with Crippen LogP contribution >= 0.6 is 0 Å². The highest BCUT2D eigenvalue weighted by atomic mass is 16.5. The maximum absolute atomic E-state index is 13.2. The van der Waals surface area contributed by atoms with Crippen molar-refractivity contribution in [3.63, 3.8) is 0 Å². The summed E-state index contributed by atoms with van der Waals surface area (Å²) in [6.07, 6.45) is 3.35. The molecule has 2 aromatic heterocycles. The molecule has 3 heterocycles. The Bertz CT molecular complexity index is 1120. The largest absolute Gasteiger partial charge is 0.467 e. The summed E-state index contributed by atoms with van der Waals surface area (Å²) in [4.78, 5) is 32.9. The number of piperazine rings is 1. The molecule has 0 spiro atoms. The average Bonchev–Trinajstić information content (AvgIpc) is 2.73. The molecule has 0 radical (unpaired) electrons. The van der Waals surface area contributed by atoms with Gasteiger partial charge in [-0.2, -0.15) is 4.98 Å². The van der Waals surface area contributed by atoms with Crippen molar-refractivity contribution in [3.05, 3.63) is 41.5 Å². The number of aromatic nitrogens is 4. The van der Waals surface area contributed by atoms with Gasteiger partial charge in [-0.25, -0.2) is 9.97 Å². The zero-order valence-corrected chi connectivity index (χ0v) is 18.4. The third-order valence-corrected chi connectivity index (χ3v) is 5.33. The Morgan fingerprint density at radius 3 is 2.55 bits per heavy atom. The van der Waals surface area contributed by atoms with Gasteiger partial charge in [-0.15, -0.1) is 0 Å².